The fraction of sp³-hybridized carbons (Fsp3) is 0.605. The van der Waals surface area contributed by atoms with Crippen LogP contribution in [0.4, 0.5) is 20.3 Å². The predicted molar refractivity (Wildman–Crippen MR) is 223 cm³/mol. The number of alkyl halides is 2. The van der Waals surface area contributed by atoms with Gasteiger partial charge in [-0.2, -0.15) is 10.2 Å². The number of amides is 1. The number of rotatable bonds is 12. The Morgan fingerprint density at radius 3 is 2.54 bits per heavy atom. The zero-order valence-corrected chi connectivity index (χ0v) is 34.5. The number of fused-ring (bicyclic) bond motifs is 4. The number of ether oxygens (including phenoxy) is 1. The molecule has 1 amide bonds. The number of aliphatic hydroxyl groups is 2. The number of piperidine rings is 2. The Morgan fingerprint density at radius 2 is 1.80 bits per heavy atom. The molecule has 0 spiro atoms. The number of nitrogens with zero attached hydrogens (tertiary/aromatic N) is 9. The van der Waals surface area contributed by atoms with Gasteiger partial charge in [0, 0.05) is 37.1 Å². The Hall–Kier alpha value is -4.59. The summed E-state index contributed by atoms with van der Waals surface area (Å²) < 4.78 is 39.7. The summed E-state index contributed by atoms with van der Waals surface area (Å²) in [5, 5.41) is 44.7. The van der Waals surface area contributed by atoms with E-state index in [-0.39, 0.29) is 35.5 Å². The van der Waals surface area contributed by atoms with Gasteiger partial charge in [-0.15, -0.1) is 5.10 Å². The number of nitrogens with one attached hydrogen (secondary N) is 3. The van der Waals surface area contributed by atoms with Gasteiger partial charge in [0.25, 0.3) is 12.3 Å². The number of anilines is 2. The van der Waals surface area contributed by atoms with Gasteiger partial charge in [-0.05, 0) is 126 Å². The van der Waals surface area contributed by atoms with E-state index in [1.54, 1.807) is 33.9 Å². The highest BCUT2D eigenvalue weighted by atomic mass is 19.3. The van der Waals surface area contributed by atoms with E-state index in [2.05, 4.69) is 59.1 Å². The number of morpholine rings is 1. The van der Waals surface area contributed by atoms with E-state index in [0.717, 1.165) is 94.3 Å². The van der Waals surface area contributed by atoms with Crippen LogP contribution in [0.25, 0.3) is 16.6 Å². The van der Waals surface area contributed by atoms with Crippen molar-refractivity contribution in [2.45, 2.75) is 114 Å². The lowest BCUT2D eigenvalue weighted by molar-refractivity contribution is -0.0297. The summed E-state index contributed by atoms with van der Waals surface area (Å²) in [6.45, 7) is 8.12. The van der Waals surface area contributed by atoms with Crippen LogP contribution >= 0.6 is 0 Å². The molecule has 1 aliphatic carbocycles. The maximum absolute atomic E-state index is 14.4. The number of halogens is 2. The highest BCUT2D eigenvalue weighted by Crippen LogP contribution is 2.38. The molecule has 5 N–H and O–H groups in total. The van der Waals surface area contributed by atoms with Crippen LogP contribution in [0, 0.1) is 18.8 Å². The highest BCUT2D eigenvalue weighted by Gasteiger charge is 2.42. The molecule has 18 heteroatoms. The molecule has 4 saturated heterocycles. The molecule has 5 aliphatic rings. The summed E-state index contributed by atoms with van der Waals surface area (Å²) in [4.78, 5) is 22.9. The maximum atomic E-state index is 14.4. The van der Waals surface area contributed by atoms with Gasteiger partial charge in [0.05, 0.1) is 47.7 Å². The van der Waals surface area contributed by atoms with Crippen LogP contribution in [0.3, 0.4) is 0 Å². The third-order valence-electron chi connectivity index (χ3n) is 13.9. The number of carbonyl (C=O) groups excluding carboxylic acids is 1. The molecular formula is C43H56F2N12O4. The van der Waals surface area contributed by atoms with Crippen molar-refractivity contribution in [1.82, 2.24) is 49.7 Å². The minimum Gasteiger partial charge on any atom is -0.379 e. The van der Waals surface area contributed by atoms with Crippen molar-refractivity contribution in [2.24, 2.45) is 11.8 Å². The lowest BCUT2D eigenvalue weighted by Gasteiger charge is -2.33. The quantitative estimate of drug-likeness (QED) is 0.119. The molecular weight excluding hydrogens is 787 g/mol. The summed E-state index contributed by atoms with van der Waals surface area (Å²) >= 11 is 0. The fourth-order valence-electron chi connectivity index (χ4n) is 10.5. The Balaban J connectivity index is 0.692. The number of hydrogen-bond donors (Lipinski definition) is 5. The Bertz CT molecular complexity index is 2350. The van der Waals surface area contributed by atoms with Crippen molar-refractivity contribution in [3.05, 3.63) is 65.4 Å². The molecule has 4 aromatic heterocycles. The van der Waals surface area contributed by atoms with Gasteiger partial charge in [0.2, 0.25) is 0 Å². The molecule has 326 valence electrons. The molecule has 16 nitrogen and oxygen atoms in total. The SMILES string of the molecule is Cc1nn([C@@H]2CC[C@@H](O)N[C@@H]2O)c2ccc(CN3CCC(CNCC4CCC(n5cc(NC(=O)c6c(N7C[C@H]8C[C@@H]7CO8)nn7cccnc67)c(C(F)F)n5)CC4)CC3)cc12. The summed E-state index contributed by atoms with van der Waals surface area (Å²) in [5.74, 6) is 1.09. The van der Waals surface area contributed by atoms with E-state index < -0.39 is 30.5 Å². The van der Waals surface area contributed by atoms with Gasteiger partial charge in [0.15, 0.2) is 17.2 Å². The van der Waals surface area contributed by atoms with E-state index in [4.69, 9.17) is 9.84 Å². The monoisotopic (exact) mass is 842 g/mol. The summed E-state index contributed by atoms with van der Waals surface area (Å²) in [6.07, 6.45) is 8.60. The maximum Gasteiger partial charge on any atom is 0.284 e. The van der Waals surface area contributed by atoms with E-state index >= 15 is 0 Å². The summed E-state index contributed by atoms with van der Waals surface area (Å²) in [5.41, 5.74) is 3.42. The molecule has 5 aromatic rings. The number of aliphatic hydroxyl groups excluding tert-OH is 2. The first kappa shape index (κ1) is 40.5. The lowest BCUT2D eigenvalue weighted by Crippen LogP contribution is -2.48. The van der Waals surface area contributed by atoms with Gasteiger partial charge < -0.3 is 30.5 Å². The second-order valence-corrected chi connectivity index (χ2v) is 18.0. The third-order valence-corrected chi connectivity index (χ3v) is 13.9. The number of carbonyl (C=O) groups is 1. The van der Waals surface area contributed by atoms with Crippen LogP contribution in [-0.4, -0.2) is 119 Å². The molecule has 1 saturated carbocycles. The minimum absolute atomic E-state index is 0.0164. The van der Waals surface area contributed by atoms with Crippen molar-refractivity contribution in [3.8, 4) is 0 Å². The number of aromatic nitrogens is 7. The van der Waals surface area contributed by atoms with Crippen molar-refractivity contribution in [2.75, 3.05) is 49.5 Å². The Morgan fingerprint density at radius 1 is 1.00 bits per heavy atom. The third kappa shape index (κ3) is 8.13. The van der Waals surface area contributed by atoms with Crippen LogP contribution < -0.4 is 20.9 Å². The van der Waals surface area contributed by atoms with Crippen LogP contribution in [0.2, 0.25) is 0 Å². The van der Waals surface area contributed by atoms with Gasteiger partial charge in [0.1, 0.15) is 18.0 Å². The standard InChI is InChI=1S/C43H56F2N12O4/c1-25-32-17-28(5-8-34(32)57(50-25)35-9-10-36(58)49-42(35)59)21-53-15-11-27(12-16-53)20-46-19-26-3-6-29(7-4-26)56-23-33(38(51-56)39(44)45)48-43(60)37-40-47-13-2-14-55(40)52-41(37)54-22-31-18-30(54)24-61-31/h2,5,8,13-14,17,23,26-27,29-31,35-36,39,42,46,49,58-59H,3-4,6-7,9-12,15-16,18-22,24H2,1H3,(H,48,60)/t26?,29?,30-,31-,35-,36-,42-/m1/s1. The van der Waals surface area contributed by atoms with Gasteiger partial charge >= 0.3 is 0 Å². The normalized spacial score (nSPS) is 27.6. The molecule has 2 bridgehead atoms. The smallest absolute Gasteiger partial charge is 0.284 e. The average Bonchev–Trinajstić information content (AvgIpc) is 4.11. The number of aryl methyl sites for hydroxylation is 1. The molecule has 5 fully saturated rings. The summed E-state index contributed by atoms with van der Waals surface area (Å²) in [7, 11) is 0. The summed E-state index contributed by atoms with van der Waals surface area (Å²) in [6, 6.07) is 8.13. The zero-order valence-electron chi connectivity index (χ0n) is 34.5. The van der Waals surface area contributed by atoms with Crippen LogP contribution in [-0.2, 0) is 11.3 Å². The molecule has 4 aliphatic heterocycles. The van der Waals surface area contributed by atoms with Crippen LogP contribution in [0.5, 0.6) is 0 Å². The Kier molecular flexibility index (Phi) is 11.2. The number of hydrogen-bond acceptors (Lipinski definition) is 12. The second kappa shape index (κ2) is 16.9. The number of benzene rings is 1. The van der Waals surface area contributed by atoms with E-state index in [1.807, 2.05) is 11.6 Å². The topological polar surface area (TPSA) is 175 Å². The highest BCUT2D eigenvalue weighted by molar-refractivity contribution is 6.12. The van der Waals surface area contributed by atoms with Crippen molar-refractivity contribution >= 4 is 34.0 Å². The van der Waals surface area contributed by atoms with E-state index in [1.165, 1.54) is 5.56 Å². The van der Waals surface area contributed by atoms with E-state index in [0.29, 0.717) is 49.3 Å². The zero-order chi connectivity index (χ0) is 41.8. The van der Waals surface area contributed by atoms with Crippen molar-refractivity contribution in [3.63, 3.8) is 0 Å². The van der Waals surface area contributed by atoms with Gasteiger partial charge in [-0.1, -0.05) is 6.07 Å². The first-order chi connectivity index (χ1) is 29.6. The first-order valence-electron chi connectivity index (χ1n) is 22.1. The second-order valence-electron chi connectivity index (χ2n) is 18.0. The molecule has 5 atom stereocenters. The molecule has 8 heterocycles. The number of likely N-dealkylation sites (tertiary alicyclic amines) is 1. The minimum atomic E-state index is -2.85. The molecule has 61 heavy (non-hydrogen) atoms. The fourth-order valence-corrected chi connectivity index (χ4v) is 10.5. The van der Waals surface area contributed by atoms with Gasteiger partial charge in [-0.3, -0.25) is 24.4 Å². The van der Waals surface area contributed by atoms with Gasteiger partial charge in [-0.25, -0.2) is 18.3 Å². The predicted octanol–water partition coefficient (Wildman–Crippen LogP) is 4.55. The van der Waals surface area contributed by atoms with Crippen LogP contribution in [0.15, 0.2) is 42.9 Å². The van der Waals surface area contributed by atoms with Crippen molar-refractivity contribution < 1.29 is 28.5 Å². The van der Waals surface area contributed by atoms with Crippen LogP contribution in [0.1, 0.15) is 104 Å². The molecule has 0 radical (unpaired) electrons. The Labute approximate surface area is 352 Å². The molecule has 1 aromatic carbocycles. The van der Waals surface area contributed by atoms with Crippen molar-refractivity contribution in [1.29, 1.82) is 0 Å². The largest absolute Gasteiger partial charge is 0.379 e. The van der Waals surface area contributed by atoms with E-state index in [9.17, 15) is 23.8 Å². The molecule has 0 unspecified atom stereocenters. The molecule has 10 rings (SSSR count). The first-order valence-corrected chi connectivity index (χ1v) is 22.1. The average molecular weight is 843 g/mol. The lowest BCUT2D eigenvalue weighted by atomic mass is 9.86.